The minimum atomic E-state index is -0.306. The summed E-state index contributed by atoms with van der Waals surface area (Å²) in [5.74, 6) is 0.808. The molecule has 1 aliphatic carbocycles. The zero-order valence-corrected chi connectivity index (χ0v) is 19.8. The number of piperidine rings is 1. The van der Waals surface area contributed by atoms with Crippen LogP contribution in [0.3, 0.4) is 0 Å². The van der Waals surface area contributed by atoms with Crippen LogP contribution in [0, 0.1) is 11.7 Å². The number of H-pyrrole nitrogens is 1. The molecule has 0 amide bonds. The zero-order chi connectivity index (χ0) is 24.0. The van der Waals surface area contributed by atoms with Crippen molar-refractivity contribution in [3.8, 4) is 5.75 Å². The molecule has 1 aromatic heterocycles. The highest BCUT2D eigenvalue weighted by atomic mass is 19.1. The smallest absolute Gasteiger partial charge is 0.154 e. The first-order chi connectivity index (χ1) is 17.1. The number of rotatable bonds is 5. The van der Waals surface area contributed by atoms with Gasteiger partial charge in [-0.3, -0.25) is 4.79 Å². The third kappa shape index (κ3) is 3.66. The summed E-state index contributed by atoms with van der Waals surface area (Å²) in [4.78, 5) is 17.3. The van der Waals surface area contributed by atoms with E-state index in [0.717, 1.165) is 47.5 Å². The number of benzene rings is 3. The molecule has 0 saturated carbocycles. The second-order valence-corrected chi connectivity index (χ2v) is 9.93. The summed E-state index contributed by atoms with van der Waals surface area (Å²) in [6.07, 6.45) is 2.67. The Morgan fingerprint density at radius 2 is 1.91 bits per heavy atom. The van der Waals surface area contributed by atoms with E-state index in [2.05, 4.69) is 22.4 Å². The van der Waals surface area contributed by atoms with Crippen molar-refractivity contribution in [3.63, 3.8) is 0 Å². The number of ether oxygens (including phenoxy) is 1. The highest BCUT2D eigenvalue weighted by molar-refractivity contribution is 5.88. The lowest BCUT2D eigenvalue weighted by atomic mass is 9.56. The highest BCUT2D eigenvalue weighted by Crippen LogP contribution is 2.50. The van der Waals surface area contributed by atoms with Gasteiger partial charge in [-0.2, -0.15) is 0 Å². The van der Waals surface area contributed by atoms with E-state index in [-0.39, 0.29) is 29.0 Å². The number of ketones is 1. The molecule has 0 radical (unpaired) electrons. The number of hydrogen-bond acceptors (Lipinski definition) is 3. The molecular formula is C30H29FN2O2. The molecule has 1 fully saturated rings. The fraction of sp³-hybridized carbons (Fsp3) is 0.300. The first-order valence-electron chi connectivity index (χ1n) is 12.3. The van der Waals surface area contributed by atoms with Crippen molar-refractivity contribution in [2.45, 2.75) is 37.1 Å². The van der Waals surface area contributed by atoms with Gasteiger partial charge in [0.05, 0.1) is 13.2 Å². The summed E-state index contributed by atoms with van der Waals surface area (Å²) in [5.41, 5.74) is 4.89. The van der Waals surface area contributed by atoms with Crippen LogP contribution in [0.2, 0.25) is 0 Å². The second kappa shape index (κ2) is 8.65. The third-order valence-corrected chi connectivity index (χ3v) is 8.14. The van der Waals surface area contributed by atoms with E-state index in [1.807, 2.05) is 48.5 Å². The number of aromatic nitrogens is 1. The van der Waals surface area contributed by atoms with Crippen molar-refractivity contribution in [1.82, 2.24) is 10.3 Å². The topological polar surface area (TPSA) is 54.1 Å². The first-order valence-corrected chi connectivity index (χ1v) is 12.3. The second-order valence-electron chi connectivity index (χ2n) is 9.93. The van der Waals surface area contributed by atoms with Gasteiger partial charge in [-0.05, 0) is 72.7 Å². The van der Waals surface area contributed by atoms with Crippen LogP contribution in [0.4, 0.5) is 4.39 Å². The van der Waals surface area contributed by atoms with Crippen molar-refractivity contribution in [2.24, 2.45) is 5.92 Å². The maximum absolute atomic E-state index is 15.0. The molecule has 2 N–H and O–H groups in total. The Kier molecular flexibility index (Phi) is 5.45. The Hall–Kier alpha value is -3.44. The summed E-state index contributed by atoms with van der Waals surface area (Å²) in [7, 11) is 1.68. The normalized spacial score (nSPS) is 23.5. The summed E-state index contributed by atoms with van der Waals surface area (Å²) >= 11 is 0. The van der Waals surface area contributed by atoms with Crippen LogP contribution in [0.5, 0.6) is 5.75 Å². The Bertz CT molecular complexity index is 1400. The minimum Gasteiger partial charge on any atom is -0.497 e. The van der Waals surface area contributed by atoms with E-state index < -0.39 is 0 Å². The van der Waals surface area contributed by atoms with Gasteiger partial charge in [0.1, 0.15) is 11.6 Å². The largest absolute Gasteiger partial charge is 0.497 e. The molecule has 6 rings (SSSR count). The Morgan fingerprint density at radius 3 is 2.74 bits per heavy atom. The minimum absolute atomic E-state index is 0.00525. The number of aromatic amines is 1. The zero-order valence-electron chi connectivity index (χ0n) is 19.8. The Balaban J connectivity index is 1.48. The molecular weight excluding hydrogens is 439 g/mol. The SMILES string of the molecule is COc1cccc([C@]23CCNC(C(=O)Cc4ccccc4)C2Cc2c([nH]c4cccc(F)c24)C3)c1. The number of fused-ring (bicyclic) bond motifs is 4. The van der Waals surface area contributed by atoms with E-state index in [0.29, 0.717) is 18.2 Å². The predicted molar refractivity (Wildman–Crippen MR) is 135 cm³/mol. The van der Waals surface area contributed by atoms with Gasteiger partial charge in [-0.25, -0.2) is 4.39 Å². The highest BCUT2D eigenvalue weighted by Gasteiger charge is 2.52. The van der Waals surface area contributed by atoms with Crippen LogP contribution < -0.4 is 10.1 Å². The van der Waals surface area contributed by atoms with Crippen molar-refractivity contribution in [1.29, 1.82) is 0 Å². The lowest BCUT2D eigenvalue weighted by Crippen LogP contribution is -2.60. The molecule has 2 heterocycles. The van der Waals surface area contributed by atoms with E-state index in [4.69, 9.17) is 4.74 Å². The first kappa shape index (κ1) is 22.1. The van der Waals surface area contributed by atoms with Gasteiger partial charge in [0.15, 0.2) is 5.78 Å². The molecule has 5 heteroatoms. The van der Waals surface area contributed by atoms with E-state index in [1.165, 1.54) is 11.6 Å². The molecule has 3 aromatic carbocycles. The molecule has 4 aromatic rings. The van der Waals surface area contributed by atoms with Crippen LogP contribution in [0.1, 0.15) is 28.8 Å². The van der Waals surface area contributed by atoms with Gasteiger partial charge in [0.2, 0.25) is 0 Å². The number of hydrogen-bond donors (Lipinski definition) is 2. The molecule has 1 saturated heterocycles. The van der Waals surface area contributed by atoms with Gasteiger partial charge in [-0.15, -0.1) is 0 Å². The van der Waals surface area contributed by atoms with Crippen LogP contribution in [0.25, 0.3) is 10.9 Å². The third-order valence-electron chi connectivity index (χ3n) is 8.14. The molecule has 2 unspecified atom stereocenters. The van der Waals surface area contributed by atoms with Crippen molar-refractivity contribution < 1.29 is 13.9 Å². The van der Waals surface area contributed by atoms with E-state index >= 15 is 0 Å². The van der Waals surface area contributed by atoms with Crippen LogP contribution >= 0.6 is 0 Å². The summed E-state index contributed by atoms with van der Waals surface area (Å²) < 4.78 is 20.5. The molecule has 35 heavy (non-hydrogen) atoms. The lowest BCUT2D eigenvalue weighted by molar-refractivity contribution is -0.123. The van der Waals surface area contributed by atoms with E-state index in [9.17, 15) is 9.18 Å². The quantitative estimate of drug-likeness (QED) is 0.426. The maximum atomic E-state index is 15.0. The fourth-order valence-corrected chi connectivity index (χ4v) is 6.50. The van der Waals surface area contributed by atoms with Crippen LogP contribution in [0.15, 0.2) is 72.8 Å². The van der Waals surface area contributed by atoms with Crippen LogP contribution in [-0.4, -0.2) is 30.5 Å². The van der Waals surface area contributed by atoms with Crippen molar-refractivity contribution in [3.05, 3.63) is 101 Å². The monoisotopic (exact) mass is 468 g/mol. The fourth-order valence-electron chi connectivity index (χ4n) is 6.50. The van der Waals surface area contributed by atoms with Gasteiger partial charge in [0.25, 0.3) is 0 Å². The summed E-state index contributed by atoms with van der Waals surface area (Å²) in [6.45, 7) is 0.753. The predicted octanol–water partition coefficient (Wildman–Crippen LogP) is 5.14. The number of nitrogens with one attached hydrogen (secondary N) is 2. The van der Waals surface area contributed by atoms with Crippen molar-refractivity contribution in [2.75, 3.05) is 13.7 Å². The molecule has 4 nitrogen and oxygen atoms in total. The van der Waals surface area contributed by atoms with Gasteiger partial charge in [0, 0.05) is 28.4 Å². The number of carbonyl (C=O) groups excluding carboxylic acids is 1. The van der Waals surface area contributed by atoms with Crippen molar-refractivity contribution >= 4 is 16.7 Å². The molecule has 3 atom stereocenters. The Labute approximate surface area is 204 Å². The Morgan fingerprint density at radius 1 is 1.09 bits per heavy atom. The van der Waals surface area contributed by atoms with Gasteiger partial charge < -0.3 is 15.0 Å². The average molecular weight is 469 g/mol. The summed E-state index contributed by atoms with van der Waals surface area (Å²) in [6, 6.07) is 23.1. The van der Waals surface area contributed by atoms with Gasteiger partial charge >= 0.3 is 0 Å². The summed E-state index contributed by atoms with van der Waals surface area (Å²) in [5, 5.41) is 4.23. The number of carbonyl (C=O) groups is 1. The van der Waals surface area contributed by atoms with E-state index in [1.54, 1.807) is 13.2 Å². The molecule has 178 valence electrons. The molecule has 1 aliphatic heterocycles. The standard InChI is InChI=1S/C30H29FN2O2/c1-35-21-10-5-9-20(16-21)30-13-14-32-29(27(34)15-19-7-3-2-4-8-19)23(30)17-22-26(18-30)33-25-12-6-11-24(31)28(22)25/h2-12,16,23,29,32-33H,13-15,17-18H2,1H3/t23?,29?,30-/m1/s1. The maximum Gasteiger partial charge on any atom is 0.154 e. The number of halogens is 1. The number of Topliss-reactive ketones (excluding diaryl/α,β-unsaturated/α-hetero) is 1. The molecule has 0 spiro atoms. The average Bonchev–Trinajstić information content (AvgIpc) is 3.25. The van der Waals surface area contributed by atoms with Crippen LogP contribution in [-0.2, 0) is 29.5 Å². The molecule has 2 aliphatic rings. The number of methoxy groups -OCH3 is 1. The molecule has 0 bridgehead atoms. The lowest BCUT2D eigenvalue weighted by Gasteiger charge is -2.51. The van der Waals surface area contributed by atoms with Gasteiger partial charge in [-0.1, -0.05) is 48.5 Å².